The van der Waals surface area contributed by atoms with E-state index in [1.165, 1.54) is 31.8 Å². The molecule has 0 atom stereocenters. The van der Waals surface area contributed by atoms with E-state index in [0.29, 0.717) is 27.6 Å². The average molecular weight is 462 g/mol. The number of nitrogens with zero attached hydrogens (tertiary/aromatic N) is 1. The molecule has 11 heteroatoms. The molecule has 1 aromatic carbocycles. The minimum absolute atomic E-state index is 0.0567. The van der Waals surface area contributed by atoms with Gasteiger partial charge in [0.05, 0.1) is 20.8 Å². The fourth-order valence-electron chi connectivity index (χ4n) is 2.87. The number of nitrogens with one attached hydrogen (secondary N) is 2. The number of aliphatic imine (C=N–C) groups is 1. The molecule has 0 bridgehead atoms. The molecule has 0 saturated carbocycles. The fraction of sp³-hybridized carbons (Fsp3) is 0.250. The Hall–Kier alpha value is -3.31. The van der Waals surface area contributed by atoms with Crippen LogP contribution in [0.15, 0.2) is 28.6 Å². The van der Waals surface area contributed by atoms with Crippen molar-refractivity contribution in [3.8, 4) is 22.6 Å². The molecular formula is C20H19N3O6S2. The number of esters is 1. The number of carbonyl (C=O) groups is 3. The molecule has 0 unspecified atom stereocenters. The maximum atomic E-state index is 12.7. The predicted octanol–water partition coefficient (Wildman–Crippen LogP) is 2.46. The van der Waals surface area contributed by atoms with Crippen molar-refractivity contribution in [3.05, 3.63) is 29.1 Å². The lowest BCUT2D eigenvalue weighted by Crippen LogP contribution is -2.56. The lowest BCUT2D eigenvalue weighted by atomic mass is 10.0. The van der Waals surface area contributed by atoms with Crippen LogP contribution in [0.4, 0.5) is 5.00 Å². The summed E-state index contributed by atoms with van der Waals surface area (Å²) in [6.45, 7) is 1.87. The van der Waals surface area contributed by atoms with Gasteiger partial charge in [-0.2, -0.15) is 0 Å². The van der Waals surface area contributed by atoms with Crippen LogP contribution in [0.1, 0.15) is 17.3 Å². The molecule has 9 nitrogen and oxygen atoms in total. The Balaban J connectivity index is 2.02. The van der Waals surface area contributed by atoms with E-state index in [1.807, 2.05) is 0 Å². The average Bonchev–Trinajstić information content (AvgIpc) is 3.16. The molecule has 2 amide bonds. The lowest BCUT2D eigenvalue weighted by molar-refractivity contribution is -0.131. The van der Waals surface area contributed by atoms with Crippen molar-refractivity contribution < 1.29 is 28.6 Å². The predicted molar refractivity (Wildman–Crippen MR) is 119 cm³/mol. The summed E-state index contributed by atoms with van der Waals surface area (Å²) in [5.74, 6) is -1.88. The summed E-state index contributed by atoms with van der Waals surface area (Å²) in [6, 6.07) is 5.24. The van der Waals surface area contributed by atoms with E-state index < -0.39 is 23.7 Å². The Morgan fingerprint density at radius 2 is 1.87 bits per heavy atom. The molecule has 1 saturated heterocycles. The standard InChI is InChI=1S/C20H19N3O6S2/c1-4-29-19(26)15-12(10-5-6-13(27-2)14(7-10)28-3)9-31-18(15)21-8-11-16(24)22-20(30)23-17(11)25/h5-9,11H,4H2,1-3H3,(H2,22,23,24,25,30). The zero-order chi connectivity index (χ0) is 22.5. The van der Waals surface area contributed by atoms with Crippen molar-refractivity contribution in [2.45, 2.75) is 6.92 Å². The van der Waals surface area contributed by atoms with Crippen LogP contribution in [0, 0.1) is 5.92 Å². The van der Waals surface area contributed by atoms with E-state index in [0.717, 1.165) is 0 Å². The highest BCUT2D eigenvalue weighted by Gasteiger charge is 2.31. The van der Waals surface area contributed by atoms with E-state index in [1.54, 1.807) is 30.5 Å². The molecular weight excluding hydrogens is 442 g/mol. The summed E-state index contributed by atoms with van der Waals surface area (Å²) in [4.78, 5) is 41.1. The van der Waals surface area contributed by atoms with E-state index in [2.05, 4.69) is 15.6 Å². The minimum Gasteiger partial charge on any atom is -0.493 e. The highest BCUT2D eigenvalue weighted by molar-refractivity contribution is 7.80. The molecule has 3 rings (SSSR count). The summed E-state index contributed by atoms with van der Waals surface area (Å²) >= 11 is 5.96. The van der Waals surface area contributed by atoms with Crippen molar-refractivity contribution >= 4 is 57.7 Å². The summed E-state index contributed by atoms with van der Waals surface area (Å²) in [6.07, 6.45) is 1.18. The second kappa shape index (κ2) is 9.67. The molecule has 1 aliphatic rings. The van der Waals surface area contributed by atoms with Gasteiger partial charge in [-0.05, 0) is 36.8 Å². The third kappa shape index (κ3) is 4.72. The number of rotatable bonds is 7. The van der Waals surface area contributed by atoms with E-state index in [4.69, 9.17) is 26.4 Å². The van der Waals surface area contributed by atoms with Crippen molar-refractivity contribution in [1.29, 1.82) is 0 Å². The van der Waals surface area contributed by atoms with Gasteiger partial charge >= 0.3 is 5.97 Å². The summed E-state index contributed by atoms with van der Waals surface area (Å²) in [5.41, 5.74) is 1.50. The number of ether oxygens (including phenoxy) is 3. The Labute approximate surface area is 187 Å². The van der Waals surface area contributed by atoms with E-state index >= 15 is 0 Å². The van der Waals surface area contributed by atoms with Gasteiger partial charge in [-0.1, -0.05) is 6.07 Å². The highest BCUT2D eigenvalue weighted by atomic mass is 32.1. The Morgan fingerprint density at radius 1 is 1.19 bits per heavy atom. The zero-order valence-corrected chi connectivity index (χ0v) is 18.5. The SMILES string of the molecule is CCOC(=O)c1c(-c2ccc(OC)c(OC)c2)csc1N=CC1C(=O)NC(=S)NC1=O. The van der Waals surface area contributed by atoms with Gasteiger partial charge in [-0.15, -0.1) is 11.3 Å². The first-order chi connectivity index (χ1) is 14.9. The number of benzene rings is 1. The van der Waals surface area contributed by atoms with Crippen LogP contribution in [-0.4, -0.2) is 49.9 Å². The number of hydrogen-bond acceptors (Lipinski definition) is 9. The number of thiocarbonyl (C=S) groups is 1. The summed E-state index contributed by atoms with van der Waals surface area (Å²) in [7, 11) is 3.05. The third-order valence-electron chi connectivity index (χ3n) is 4.32. The number of hydrogen-bond donors (Lipinski definition) is 2. The first kappa shape index (κ1) is 22.4. The number of methoxy groups -OCH3 is 2. The molecule has 0 radical (unpaired) electrons. The fourth-order valence-corrected chi connectivity index (χ4v) is 3.98. The van der Waals surface area contributed by atoms with Crippen LogP contribution >= 0.6 is 23.6 Å². The molecule has 162 valence electrons. The van der Waals surface area contributed by atoms with Crippen LogP contribution in [0.2, 0.25) is 0 Å². The number of amides is 2. The monoisotopic (exact) mass is 461 g/mol. The first-order valence-corrected chi connectivity index (χ1v) is 10.4. The normalized spacial score (nSPS) is 14.4. The maximum Gasteiger partial charge on any atom is 0.341 e. The minimum atomic E-state index is -1.17. The summed E-state index contributed by atoms with van der Waals surface area (Å²) in [5, 5.41) is 6.72. The van der Waals surface area contributed by atoms with Crippen molar-refractivity contribution in [2.75, 3.05) is 20.8 Å². The Bertz CT molecular complexity index is 1060. The third-order valence-corrected chi connectivity index (χ3v) is 5.42. The molecule has 1 aliphatic heterocycles. The van der Waals surface area contributed by atoms with Crippen molar-refractivity contribution in [1.82, 2.24) is 10.6 Å². The Morgan fingerprint density at radius 3 is 2.48 bits per heavy atom. The molecule has 1 aromatic heterocycles. The van der Waals surface area contributed by atoms with Crippen LogP contribution in [0.25, 0.3) is 11.1 Å². The van der Waals surface area contributed by atoms with Crippen molar-refractivity contribution in [3.63, 3.8) is 0 Å². The molecule has 2 aromatic rings. The van der Waals surface area contributed by atoms with Gasteiger partial charge < -0.3 is 24.8 Å². The lowest BCUT2D eigenvalue weighted by Gasteiger charge is -2.19. The van der Waals surface area contributed by atoms with Gasteiger partial charge in [0.15, 0.2) is 22.5 Å². The second-order valence-electron chi connectivity index (χ2n) is 6.18. The highest BCUT2D eigenvalue weighted by Crippen LogP contribution is 2.40. The number of carbonyl (C=O) groups excluding carboxylic acids is 3. The van der Waals surface area contributed by atoms with Gasteiger partial charge in [0.2, 0.25) is 11.8 Å². The van der Waals surface area contributed by atoms with Gasteiger partial charge in [0, 0.05) is 17.2 Å². The topological polar surface area (TPSA) is 115 Å². The second-order valence-corrected chi connectivity index (χ2v) is 7.45. The van der Waals surface area contributed by atoms with E-state index in [9.17, 15) is 14.4 Å². The molecule has 0 spiro atoms. The van der Waals surface area contributed by atoms with Gasteiger partial charge in [0.1, 0.15) is 10.6 Å². The zero-order valence-electron chi connectivity index (χ0n) is 16.9. The van der Waals surface area contributed by atoms with Gasteiger partial charge in [-0.3, -0.25) is 9.59 Å². The van der Waals surface area contributed by atoms with Crippen LogP contribution < -0.4 is 20.1 Å². The van der Waals surface area contributed by atoms with Gasteiger partial charge in [0.25, 0.3) is 0 Å². The van der Waals surface area contributed by atoms with E-state index in [-0.39, 0.29) is 17.3 Å². The largest absolute Gasteiger partial charge is 0.493 e. The van der Waals surface area contributed by atoms with Crippen molar-refractivity contribution in [2.24, 2.45) is 10.9 Å². The quantitative estimate of drug-likeness (QED) is 0.282. The molecule has 2 N–H and O–H groups in total. The molecule has 1 fully saturated rings. The van der Waals surface area contributed by atoms with Crippen LogP contribution in [0.3, 0.4) is 0 Å². The smallest absolute Gasteiger partial charge is 0.341 e. The Kier molecular flexibility index (Phi) is 6.98. The molecule has 0 aliphatic carbocycles. The first-order valence-electron chi connectivity index (χ1n) is 9.10. The van der Waals surface area contributed by atoms with Gasteiger partial charge in [-0.25, -0.2) is 9.79 Å². The molecule has 2 heterocycles. The van der Waals surface area contributed by atoms with Crippen LogP contribution in [0.5, 0.6) is 11.5 Å². The van der Waals surface area contributed by atoms with Crippen LogP contribution in [-0.2, 0) is 14.3 Å². The molecule has 31 heavy (non-hydrogen) atoms. The summed E-state index contributed by atoms with van der Waals surface area (Å²) < 4.78 is 15.8. The number of thiophene rings is 1. The maximum absolute atomic E-state index is 12.7.